The lowest BCUT2D eigenvalue weighted by Crippen LogP contribution is -2.25. The van der Waals surface area contributed by atoms with Crippen molar-refractivity contribution in [3.63, 3.8) is 0 Å². The monoisotopic (exact) mass is 448 g/mol. The first kappa shape index (κ1) is 19.4. The number of halogens is 1. The summed E-state index contributed by atoms with van der Waals surface area (Å²) < 4.78 is 6.26. The van der Waals surface area contributed by atoms with Crippen LogP contribution in [0.2, 0.25) is 0 Å². The third-order valence-electron chi connectivity index (χ3n) is 5.43. The maximum Gasteiger partial charge on any atom is 0.244 e. The Labute approximate surface area is 178 Å². The molecule has 0 radical (unpaired) electrons. The van der Waals surface area contributed by atoms with Crippen LogP contribution in [-0.2, 0) is 10.2 Å². The Hall–Kier alpha value is -2.92. The first-order valence-corrected chi connectivity index (χ1v) is 10.2. The van der Waals surface area contributed by atoms with Gasteiger partial charge in [-0.15, -0.1) is 0 Å². The van der Waals surface area contributed by atoms with Gasteiger partial charge >= 0.3 is 0 Å². The molecule has 1 amide bonds. The van der Waals surface area contributed by atoms with E-state index in [2.05, 4.69) is 50.7 Å². The number of hydrazone groups is 1. The average Bonchev–Trinajstić information content (AvgIpc) is 3.52. The van der Waals surface area contributed by atoms with Crippen molar-refractivity contribution in [1.82, 2.24) is 5.43 Å². The first-order chi connectivity index (χ1) is 14.1. The third-order valence-corrected chi connectivity index (χ3v) is 5.92. The highest BCUT2D eigenvalue weighted by Crippen LogP contribution is 2.58. The second-order valence-corrected chi connectivity index (χ2v) is 8.00. The summed E-state index contributed by atoms with van der Waals surface area (Å²) in [5.41, 5.74) is 5.52. The minimum atomic E-state index is -0.296. The summed E-state index contributed by atoms with van der Waals surface area (Å²) in [7, 11) is 1.61. The van der Waals surface area contributed by atoms with Gasteiger partial charge in [0.05, 0.1) is 19.2 Å². The second-order valence-electron chi connectivity index (χ2n) is 7.08. The summed E-state index contributed by atoms with van der Waals surface area (Å²) in [4.78, 5) is 12.9. The Bertz CT molecular complexity index is 996. The third kappa shape index (κ3) is 3.83. The number of hydrogen-bond acceptors (Lipinski definition) is 3. The zero-order valence-corrected chi connectivity index (χ0v) is 17.6. The molecule has 4 rings (SSSR count). The molecule has 1 unspecified atom stereocenters. The van der Waals surface area contributed by atoms with E-state index in [1.54, 1.807) is 13.3 Å². The minimum absolute atomic E-state index is 0.0806. The number of ether oxygens (including phenoxy) is 1. The van der Waals surface area contributed by atoms with Crippen LogP contribution in [0.4, 0.5) is 0 Å². The number of nitrogens with one attached hydrogen (secondary N) is 1. The highest BCUT2D eigenvalue weighted by atomic mass is 79.9. The maximum atomic E-state index is 12.9. The Morgan fingerprint density at radius 1 is 1.07 bits per heavy atom. The summed E-state index contributed by atoms with van der Waals surface area (Å²) in [6.45, 7) is 0. The fourth-order valence-electron chi connectivity index (χ4n) is 3.90. The Balaban J connectivity index is 1.54. The number of carbonyl (C=O) groups is 1. The molecule has 3 aromatic rings. The van der Waals surface area contributed by atoms with Gasteiger partial charge in [0.25, 0.3) is 0 Å². The van der Waals surface area contributed by atoms with Crippen LogP contribution in [0.15, 0.2) is 88.4 Å². The van der Waals surface area contributed by atoms with Crippen molar-refractivity contribution in [2.24, 2.45) is 11.0 Å². The van der Waals surface area contributed by atoms with E-state index in [1.165, 1.54) is 0 Å². The normalized spacial score (nSPS) is 17.1. The molecule has 1 aliphatic rings. The predicted molar refractivity (Wildman–Crippen MR) is 118 cm³/mol. The van der Waals surface area contributed by atoms with E-state index in [4.69, 9.17) is 4.74 Å². The lowest BCUT2D eigenvalue weighted by Gasteiger charge is -2.18. The van der Waals surface area contributed by atoms with E-state index >= 15 is 0 Å². The fraction of sp³-hybridized carbons (Fsp3) is 0.167. The van der Waals surface area contributed by atoms with Gasteiger partial charge in [-0.05, 0) is 35.7 Å². The number of carbonyl (C=O) groups excluding carboxylic acids is 1. The molecular formula is C24H21BrN2O2. The van der Waals surface area contributed by atoms with Crippen molar-refractivity contribution in [2.75, 3.05) is 7.11 Å². The van der Waals surface area contributed by atoms with Crippen LogP contribution in [0.5, 0.6) is 5.75 Å². The van der Waals surface area contributed by atoms with Gasteiger partial charge in [0.1, 0.15) is 5.75 Å². The van der Waals surface area contributed by atoms with Crippen LogP contribution in [0.1, 0.15) is 23.1 Å². The van der Waals surface area contributed by atoms with Crippen molar-refractivity contribution in [2.45, 2.75) is 11.8 Å². The average molecular weight is 449 g/mol. The van der Waals surface area contributed by atoms with Crippen LogP contribution < -0.4 is 10.2 Å². The number of amides is 1. The SMILES string of the molecule is COc1ccc(Br)cc1/C=N/NC(=O)C1CC1(c1ccccc1)c1ccccc1. The summed E-state index contributed by atoms with van der Waals surface area (Å²) in [6, 6.07) is 26.1. The second kappa shape index (κ2) is 8.21. The summed E-state index contributed by atoms with van der Waals surface area (Å²) in [6.07, 6.45) is 2.37. The molecule has 1 atom stereocenters. The molecule has 1 saturated carbocycles. The number of rotatable bonds is 6. The van der Waals surface area contributed by atoms with E-state index in [1.807, 2.05) is 54.6 Å². The van der Waals surface area contributed by atoms with Crippen molar-refractivity contribution in [3.05, 3.63) is 100 Å². The number of nitrogens with zero attached hydrogens (tertiary/aromatic N) is 1. The van der Waals surface area contributed by atoms with E-state index in [0.29, 0.717) is 5.75 Å². The van der Waals surface area contributed by atoms with Gasteiger partial charge in [-0.2, -0.15) is 5.10 Å². The molecule has 1 N–H and O–H groups in total. The molecule has 4 nitrogen and oxygen atoms in total. The number of benzene rings is 3. The fourth-order valence-corrected chi connectivity index (χ4v) is 4.28. The highest BCUT2D eigenvalue weighted by molar-refractivity contribution is 9.10. The molecule has 1 aliphatic carbocycles. The predicted octanol–water partition coefficient (Wildman–Crippen LogP) is 4.91. The van der Waals surface area contributed by atoms with Gasteiger partial charge in [0, 0.05) is 15.5 Å². The minimum Gasteiger partial charge on any atom is -0.496 e. The van der Waals surface area contributed by atoms with Crippen LogP contribution in [0.3, 0.4) is 0 Å². The number of hydrogen-bond donors (Lipinski definition) is 1. The van der Waals surface area contributed by atoms with Crippen LogP contribution in [-0.4, -0.2) is 19.2 Å². The molecule has 0 spiro atoms. The lowest BCUT2D eigenvalue weighted by atomic mass is 9.85. The molecule has 0 heterocycles. The van der Waals surface area contributed by atoms with Gasteiger partial charge in [-0.25, -0.2) is 5.43 Å². The Morgan fingerprint density at radius 2 is 1.69 bits per heavy atom. The smallest absolute Gasteiger partial charge is 0.244 e. The molecule has 3 aromatic carbocycles. The van der Waals surface area contributed by atoms with Crippen molar-refractivity contribution >= 4 is 28.1 Å². The largest absolute Gasteiger partial charge is 0.496 e. The molecule has 1 fully saturated rings. The molecule has 0 aromatic heterocycles. The van der Waals surface area contributed by atoms with E-state index in [9.17, 15) is 4.79 Å². The molecule has 0 aliphatic heterocycles. The highest BCUT2D eigenvalue weighted by Gasteiger charge is 2.60. The van der Waals surface area contributed by atoms with Gasteiger partial charge in [0.2, 0.25) is 5.91 Å². The van der Waals surface area contributed by atoms with Gasteiger partial charge in [-0.3, -0.25) is 4.79 Å². The molecule has 0 bridgehead atoms. The molecule has 146 valence electrons. The lowest BCUT2D eigenvalue weighted by molar-refractivity contribution is -0.122. The van der Waals surface area contributed by atoms with Crippen LogP contribution in [0, 0.1) is 5.92 Å². The molecular weight excluding hydrogens is 428 g/mol. The Kier molecular flexibility index (Phi) is 5.49. The van der Waals surface area contributed by atoms with E-state index in [0.717, 1.165) is 27.6 Å². The first-order valence-electron chi connectivity index (χ1n) is 9.42. The zero-order valence-electron chi connectivity index (χ0n) is 16.0. The molecule has 5 heteroatoms. The van der Waals surface area contributed by atoms with Gasteiger partial charge in [-0.1, -0.05) is 76.6 Å². The number of methoxy groups -OCH3 is 1. The maximum absolute atomic E-state index is 12.9. The van der Waals surface area contributed by atoms with Crippen molar-refractivity contribution in [3.8, 4) is 5.75 Å². The van der Waals surface area contributed by atoms with E-state index < -0.39 is 0 Å². The van der Waals surface area contributed by atoms with Crippen molar-refractivity contribution in [1.29, 1.82) is 0 Å². The van der Waals surface area contributed by atoms with Crippen molar-refractivity contribution < 1.29 is 9.53 Å². The standard InChI is InChI=1S/C24H21BrN2O2/c1-29-22-13-12-20(25)14-17(22)16-26-27-23(28)21-15-24(21,18-8-4-2-5-9-18)19-10-6-3-7-11-19/h2-14,16,21H,15H2,1H3,(H,27,28)/b26-16+. The van der Waals surface area contributed by atoms with Gasteiger partial charge < -0.3 is 4.74 Å². The summed E-state index contributed by atoms with van der Waals surface area (Å²) in [5, 5.41) is 4.18. The topological polar surface area (TPSA) is 50.7 Å². The van der Waals surface area contributed by atoms with Crippen LogP contribution >= 0.6 is 15.9 Å². The summed E-state index contributed by atoms with van der Waals surface area (Å²) in [5.74, 6) is 0.456. The Morgan fingerprint density at radius 3 is 2.28 bits per heavy atom. The van der Waals surface area contributed by atoms with Crippen LogP contribution in [0.25, 0.3) is 0 Å². The summed E-state index contributed by atoms with van der Waals surface area (Å²) >= 11 is 3.44. The zero-order chi connectivity index (χ0) is 20.3. The molecule has 0 saturated heterocycles. The van der Waals surface area contributed by atoms with E-state index in [-0.39, 0.29) is 17.2 Å². The molecule has 29 heavy (non-hydrogen) atoms. The van der Waals surface area contributed by atoms with Gasteiger partial charge in [0.15, 0.2) is 0 Å². The quantitative estimate of drug-likeness (QED) is 0.429.